The van der Waals surface area contributed by atoms with Crippen LogP contribution >= 0.6 is 11.8 Å². The summed E-state index contributed by atoms with van der Waals surface area (Å²) in [7, 11) is 0. The van der Waals surface area contributed by atoms with E-state index in [0.717, 1.165) is 5.56 Å². The Hall–Kier alpha value is -1.62. The molecule has 0 atom stereocenters. The van der Waals surface area contributed by atoms with Crippen LogP contribution in [0.25, 0.3) is 10.9 Å². The van der Waals surface area contributed by atoms with Gasteiger partial charge in [0.05, 0.1) is 11.3 Å². The largest absolute Gasteiger partial charge is 0.481 e. The van der Waals surface area contributed by atoms with Crippen LogP contribution in [0.1, 0.15) is 5.56 Å². The zero-order valence-electron chi connectivity index (χ0n) is 8.89. The molecule has 17 heavy (non-hydrogen) atoms. The van der Waals surface area contributed by atoms with Crippen molar-refractivity contribution in [3.63, 3.8) is 0 Å². The first kappa shape index (κ1) is 11.9. The summed E-state index contributed by atoms with van der Waals surface area (Å²) in [5.74, 6) is -0.610. The summed E-state index contributed by atoms with van der Waals surface area (Å²) in [6.07, 6.45) is 1.60. The topological polar surface area (TPSA) is 50.2 Å². The number of aromatic nitrogens is 1. The number of halogens is 1. The molecule has 0 spiro atoms. The number of hydrogen-bond donors (Lipinski definition) is 1. The number of carboxylic acid groups (broad SMARTS) is 1. The highest BCUT2D eigenvalue weighted by Crippen LogP contribution is 2.23. The molecule has 88 valence electrons. The third-order valence-electron chi connectivity index (χ3n) is 2.28. The summed E-state index contributed by atoms with van der Waals surface area (Å²) in [5.41, 5.74) is 1.46. The van der Waals surface area contributed by atoms with E-state index in [2.05, 4.69) is 4.98 Å². The number of aliphatic carboxylic acids is 1. The van der Waals surface area contributed by atoms with Gasteiger partial charge in [0.1, 0.15) is 5.82 Å². The van der Waals surface area contributed by atoms with Gasteiger partial charge in [0, 0.05) is 17.3 Å². The quantitative estimate of drug-likeness (QED) is 0.907. The van der Waals surface area contributed by atoms with Crippen molar-refractivity contribution in [1.82, 2.24) is 4.98 Å². The van der Waals surface area contributed by atoms with Gasteiger partial charge in [-0.05, 0) is 23.8 Å². The molecular weight excluding hydrogens is 241 g/mol. The third kappa shape index (κ3) is 2.74. The SMILES string of the molecule is O=C(O)CSCc1ccc(F)c2cccnc12. The minimum absolute atomic E-state index is 0.0334. The molecule has 0 bridgehead atoms. The first-order valence-electron chi connectivity index (χ1n) is 5.00. The van der Waals surface area contributed by atoms with Crippen molar-refractivity contribution in [2.75, 3.05) is 5.75 Å². The van der Waals surface area contributed by atoms with Gasteiger partial charge in [-0.3, -0.25) is 9.78 Å². The van der Waals surface area contributed by atoms with Crippen molar-refractivity contribution in [3.05, 3.63) is 41.8 Å². The van der Waals surface area contributed by atoms with Crippen LogP contribution in [0.2, 0.25) is 0 Å². The van der Waals surface area contributed by atoms with E-state index in [-0.39, 0.29) is 11.6 Å². The van der Waals surface area contributed by atoms with Gasteiger partial charge in [0.25, 0.3) is 0 Å². The number of carbonyl (C=O) groups is 1. The zero-order chi connectivity index (χ0) is 12.3. The second-order valence-electron chi connectivity index (χ2n) is 3.49. The van der Waals surface area contributed by atoms with E-state index in [1.165, 1.54) is 17.8 Å². The molecule has 0 saturated heterocycles. The molecule has 0 unspecified atom stereocenters. The normalized spacial score (nSPS) is 10.6. The van der Waals surface area contributed by atoms with Crippen molar-refractivity contribution in [1.29, 1.82) is 0 Å². The Kier molecular flexibility index (Phi) is 3.58. The molecule has 3 nitrogen and oxygen atoms in total. The number of nitrogens with zero attached hydrogens (tertiary/aromatic N) is 1. The molecule has 0 aliphatic carbocycles. The molecule has 1 aromatic heterocycles. The van der Waals surface area contributed by atoms with Crippen molar-refractivity contribution in [3.8, 4) is 0 Å². The maximum atomic E-state index is 13.5. The van der Waals surface area contributed by atoms with E-state index >= 15 is 0 Å². The summed E-state index contributed by atoms with van der Waals surface area (Å²) >= 11 is 1.27. The Labute approximate surface area is 102 Å². The minimum atomic E-state index is -0.852. The summed E-state index contributed by atoms with van der Waals surface area (Å²) in [6.45, 7) is 0. The summed E-state index contributed by atoms with van der Waals surface area (Å²) in [4.78, 5) is 14.5. The van der Waals surface area contributed by atoms with Crippen LogP contribution in [0.15, 0.2) is 30.5 Å². The monoisotopic (exact) mass is 251 g/mol. The molecule has 0 amide bonds. The fourth-order valence-electron chi connectivity index (χ4n) is 1.56. The first-order chi connectivity index (χ1) is 8.18. The second-order valence-corrected chi connectivity index (χ2v) is 4.48. The summed E-state index contributed by atoms with van der Waals surface area (Å²) in [5, 5.41) is 9.03. The van der Waals surface area contributed by atoms with Gasteiger partial charge in [-0.25, -0.2) is 4.39 Å². The Morgan fingerprint density at radius 1 is 1.41 bits per heavy atom. The van der Waals surface area contributed by atoms with Crippen LogP contribution in [-0.4, -0.2) is 21.8 Å². The second kappa shape index (κ2) is 5.14. The molecule has 5 heteroatoms. The molecule has 0 radical (unpaired) electrons. The van der Waals surface area contributed by atoms with Gasteiger partial charge in [0.2, 0.25) is 0 Å². The third-order valence-corrected chi connectivity index (χ3v) is 3.25. The maximum Gasteiger partial charge on any atom is 0.313 e. The maximum absolute atomic E-state index is 13.5. The van der Waals surface area contributed by atoms with E-state index in [0.29, 0.717) is 16.7 Å². The minimum Gasteiger partial charge on any atom is -0.481 e. The highest BCUT2D eigenvalue weighted by molar-refractivity contribution is 7.99. The van der Waals surface area contributed by atoms with Crippen LogP contribution in [0.3, 0.4) is 0 Å². The van der Waals surface area contributed by atoms with Crippen LogP contribution in [-0.2, 0) is 10.5 Å². The lowest BCUT2D eigenvalue weighted by molar-refractivity contribution is -0.133. The number of hydrogen-bond acceptors (Lipinski definition) is 3. The molecule has 0 saturated carbocycles. The van der Waals surface area contributed by atoms with Gasteiger partial charge in [-0.1, -0.05) is 6.07 Å². The van der Waals surface area contributed by atoms with E-state index in [1.807, 2.05) is 0 Å². The smallest absolute Gasteiger partial charge is 0.313 e. The van der Waals surface area contributed by atoms with Gasteiger partial charge < -0.3 is 5.11 Å². The number of fused-ring (bicyclic) bond motifs is 1. The van der Waals surface area contributed by atoms with Gasteiger partial charge in [-0.15, -0.1) is 11.8 Å². The Morgan fingerprint density at radius 2 is 2.24 bits per heavy atom. The number of carboxylic acids is 1. The van der Waals surface area contributed by atoms with E-state index < -0.39 is 5.97 Å². The lowest BCUT2D eigenvalue weighted by Crippen LogP contribution is -1.99. The molecule has 0 fully saturated rings. The van der Waals surface area contributed by atoms with Crippen LogP contribution in [0.4, 0.5) is 4.39 Å². The number of pyridine rings is 1. The van der Waals surface area contributed by atoms with Crippen molar-refractivity contribution >= 4 is 28.6 Å². The average Bonchev–Trinajstić information content (AvgIpc) is 2.32. The molecule has 2 aromatic rings. The number of benzene rings is 1. The Balaban J connectivity index is 2.28. The van der Waals surface area contributed by atoms with Crippen LogP contribution in [0, 0.1) is 5.82 Å². The Bertz CT molecular complexity index is 559. The molecule has 1 N–H and O–H groups in total. The van der Waals surface area contributed by atoms with Gasteiger partial charge in [-0.2, -0.15) is 0 Å². The standard InChI is InChI=1S/C12H10FNO2S/c13-10-4-3-8(6-17-7-11(15)16)12-9(10)2-1-5-14-12/h1-5H,6-7H2,(H,15,16). The van der Waals surface area contributed by atoms with Gasteiger partial charge in [0.15, 0.2) is 0 Å². The Morgan fingerprint density at radius 3 is 3.00 bits per heavy atom. The number of thioether (sulfide) groups is 1. The molecule has 1 aromatic carbocycles. The lowest BCUT2D eigenvalue weighted by Gasteiger charge is -2.05. The molecular formula is C12H10FNO2S. The van der Waals surface area contributed by atoms with Crippen molar-refractivity contribution < 1.29 is 14.3 Å². The first-order valence-corrected chi connectivity index (χ1v) is 6.15. The molecule has 2 rings (SSSR count). The predicted molar refractivity (Wildman–Crippen MR) is 65.5 cm³/mol. The summed E-state index contributed by atoms with van der Waals surface area (Å²) < 4.78 is 13.5. The van der Waals surface area contributed by atoms with Crippen LogP contribution in [0.5, 0.6) is 0 Å². The fourth-order valence-corrected chi connectivity index (χ4v) is 2.29. The average molecular weight is 251 g/mol. The van der Waals surface area contributed by atoms with E-state index in [4.69, 9.17) is 5.11 Å². The fraction of sp³-hybridized carbons (Fsp3) is 0.167. The van der Waals surface area contributed by atoms with Crippen LogP contribution < -0.4 is 0 Å². The van der Waals surface area contributed by atoms with E-state index in [1.54, 1.807) is 24.4 Å². The van der Waals surface area contributed by atoms with Crippen molar-refractivity contribution in [2.45, 2.75) is 5.75 Å². The highest BCUT2D eigenvalue weighted by Gasteiger charge is 2.07. The van der Waals surface area contributed by atoms with E-state index in [9.17, 15) is 9.18 Å². The summed E-state index contributed by atoms with van der Waals surface area (Å²) in [6, 6.07) is 6.39. The molecule has 0 aliphatic heterocycles. The van der Waals surface area contributed by atoms with Crippen molar-refractivity contribution in [2.24, 2.45) is 0 Å². The lowest BCUT2D eigenvalue weighted by atomic mass is 10.1. The molecule has 1 heterocycles. The zero-order valence-corrected chi connectivity index (χ0v) is 9.71. The molecule has 0 aliphatic rings. The predicted octanol–water partition coefficient (Wildman–Crippen LogP) is 2.69. The van der Waals surface area contributed by atoms with Gasteiger partial charge >= 0.3 is 5.97 Å². The number of rotatable bonds is 4. The highest BCUT2D eigenvalue weighted by atomic mass is 32.2.